The third-order valence-electron chi connectivity index (χ3n) is 11.9. The number of ether oxygens (including phenoxy) is 2. The van der Waals surface area contributed by atoms with Gasteiger partial charge in [0.05, 0.1) is 6.61 Å². The molecule has 5 nitrogen and oxygen atoms in total. The van der Waals surface area contributed by atoms with Gasteiger partial charge in [0.25, 0.3) is 0 Å². The number of aliphatic hydroxyl groups is 1. The maximum Gasteiger partial charge on any atom is 0.306 e. The van der Waals surface area contributed by atoms with E-state index >= 15 is 0 Å². The van der Waals surface area contributed by atoms with Gasteiger partial charge in [0, 0.05) is 12.8 Å². The van der Waals surface area contributed by atoms with Crippen LogP contribution in [0.15, 0.2) is 48.6 Å². The molecule has 0 rings (SSSR count). The van der Waals surface area contributed by atoms with Crippen LogP contribution >= 0.6 is 0 Å². The number of esters is 2. The summed E-state index contributed by atoms with van der Waals surface area (Å²) in [4.78, 5) is 24.4. The monoisotopic (exact) mass is 855 g/mol. The smallest absolute Gasteiger partial charge is 0.306 e. The second-order valence-corrected chi connectivity index (χ2v) is 17.9. The van der Waals surface area contributed by atoms with Crippen LogP contribution in [0.2, 0.25) is 0 Å². The zero-order valence-corrected chi connectivity index (χ0v) is 40.7. The summed E-state index contributed by atoms with van der Waals surface area (Å²) < 4.78 is 10.7. The van der Waals surface area contributed by atoms with Gasteiger partial charge >= 0.3 is 11.9 Å². The Morgan fingerprint density at radius 3 is 1.07 bits per heavy atom. The Bertz CT molecular complexity index is 1010. The van der Waals surface area contributed by atoms with E-state index in [9.17, 15) is 14.7 Å². The van der Waals surface area contributed by atoms with Crippen molar-refractivity contribution in [1.82, 2.24) is 0 Å². The van der Waals surface area contributed by atoms with E-state index in [1.54, 1.807) is 0 Å². The van der Waals surface area contributed by atoms with Crippen LogP contribution in [0.5, 0.6) is 0 Å². The lowest BCUT2D eigenvalue weighted by Crippen LogP contribution is -2.28. The van der Waals surface area contributed by atoms with Gasteiger partial charge in [-0.2, -0.15) is 0 Å². The first-order chi connectivity index (χ1) is 30.1. The molecule has 0 radical (unpaired) electrons. The molecule has 0 aliphatic rings. The first-order valence-corrected chi connectivity index (χ1v) is 26.7. The molecule has 0 amide bonds. The predicted octanol–water partition coefficient (Wildman–Crippen LogP) is 17.7. The predicted molar refractivity (Wildman–Crippen MR) is 265 cm³/mol. The SMILES string of the molecule is CC/C=C\C/C=C\C/C=C\C/C=C\CCCCCCCCCCCCCCCCCCCCC(=O)OC(CO)COC(=O)CCCCCCCCCCCCCCCCCC. The van der Waals surface area contributed by atoms with Crippen LogP contribution in [0.4, 0.5) is 0 Å². The van der Waals surface area contributed by atoms with Gasteiger partial charge in [-0.05, 0) is 51.4 Å². The molecule has 0 bridgehead atoms. The van der Waals surface area contributed by atoms with Crippen LogP contribution in [-0.2, 0) is 19.1 Å². The van der Waals surface area contributed by atoms with Crippen LogP contribution in [-0.4, -0.2) is 36.4 Å². The lowest BCUT2D eigenvalue weighted by Gasteiger charge is -2.15. The molecular weight excluding hydrogens is 753 g/mol. The molecule has 0 spiro atoms. The largest absolute Gasteiger partial charge is 0.462 e. The lowest BCUT2D eigenvalue weighted by atomic mass is 10.0. The van der Waals surface area contributed by atoms with Crippen molar-refractivity contribution in [2.45, 2.75) is 283 Å². The quantitative estimate of drug-likeness (QED) is 0.0375. The fourth-order valence-corrected chi connectivity index (χ4v) is 7.90. The standard InChI is InChI=1S/C56H102O5/c1-3-5-7-9-11-13-15-17-19-21-22-23-24-25-26-27-28-29-30-31-32-33-34-35-37-39-41-43-45-47-49-51-56(59)61-54(52-57)53-60-55(58)50-48-46-44-42-40-38-36-20-18-16-14-12-10-8-6-4-2/h5,7,11,13,17,19,22-23,54,57H,3-4,6,8-10,12,14-16,18,20-21,24-53H2,1-2H3/b7-5-,13-11-,19-17-,23-22-. The molecule has 0 aromatic rings. The highest BCUT2D eigenvalue weighted by atomic mass is 16.6. The summed E-state index contributed by atoms with van der Waals surface area (Å²) >= 11 is 0. The molecule has 356 valence electrons. The minimum absolute atomic E-state index is 0.0606. The maximum atomic E-state index is 12.3. The van der Waals surface area contributed by atoms with E-state index in [1.807, 2.05) is 0 Å². The van der Waals surface area contributed by atoms with E-state index in [-0.39, 0.29) is 25.2 Å². The van der Waals surface area contributed by atoms with E-state index in [4.69, 9.17) is 9.47 Å². The molecule has 0 heterocycles. The number of unbranched alkanes of at least 4 members (excludes halogenated alkanes) is 33. The van der Waals surface area contributed by atoms with Crippen molar-refractivity contribution in [2.75, 3.05) is 13.2 Å². The molecule has 0 aliphatic carbocycles. The normalized spacial score (nSPS) is 12.5. The molecule has 0 saturated carbocycles. The third kappa shape index (κ3) is 50.4. The zero-order chi connectivity index (χ0) is 44.2. The minimum atomic E-state index is -0.768. The van der Waals surface area contributed by atoms with Crippen LogP contribution in [0.1, 0.15) is 277 Å². The average molecular weight is 855 g/mol. The van der Waals surface area contributed by atoms with Crippen molar-refractivity contribution in [3.63, 3.8) is 0 Å². The zero-order valence-electron chi connectivity index (χ0n) is 40.7. The van der Waals surface area contributed by atoms with Crippen LogP contribution < -0.4 is 0 Å². The molecule has 1 atom stereocenters. The van der Waals surface area contributed by atoms with Crippen LogP contribution in [0.3, 0.4) is 0 Å². The molecular formula is C56H102O5. The highest BCUT2D eigenvalue weighted by molar-refractivity contribution is 5.70. The van der Waals surface area contributed by atoms with Crippen LogP contribution in [0, 0.1) is 0 Å². The van der Waals surface area contributed by atoms with E-state index in [0.717, 1.165) is 57.8 Å². The van der Waals surface area contributed by atoms with Crippen molar-refractivity contribution in [3.8, 4) is 0 Å². The van der Waals surface area contributed by atoms with Gasteiger partial charge in [-0.1, -0.05) is 262 Å². The van der Waals surface area contributed by atoms with Gasteiger partial charge in [0.15, 0.2) is 6.10 Å². The van der Waals surface area contributed by atoms with Crippen LogP contribution in [0.25, 0.3) is 0 Å². The summed E-state index contributed by atoms with van der Waals surface area (Å²) in [6.07, 6.45) is 67.9. The fourth-order valence-electron chi connectivity index (χ4n) is 7.90. The Labute approximate surface area is 379 Å². The number of carbonyl (C=O) groups excluding carboxylic acids is 2. The van der Waals surface area contributed by atoms with E-state index in [1.165, 1.54) is 193 Å². The maximum absolute atomic E-state index is 12.3. The van der Waals surface area contributed by atoms with E-state index < -0.39 is 6.10 Å². The Balaban J connectivity index is 3.43. The van der Waals surface area contributed by atoms with Crippen molar-refractivity contribution < 1.29 is 24.2 Å². The second-order valence-electron chi connectivity index (χ2n) is 17.9. The number of hydrogen-bond donors (Lipinski definition) is 1. The molecule has 1 N–H and O–H groups in total. The van der Waals surface area contributed by atoms with Gasteiger partial charge in [-0.3, -0.25) is 9.59 Å². The van der Waals surface area contributed by atoms with Crippen molar-refractivity contribution in [3.05, 3.63) is 48.6 Å². The number of allylic oxidation sites excluding steroid dienone is 8. The molecule has 0 aliphatic heterocycles. The molecule has 0 fully saturated rings. The van der Waals surface area contributed by atoms with Crippen molar-refractivity contribution in [2.24, 2.45) is 0 Å². The fraction of sp³-hybridized carbons (Fsp3) is 0.821. The number of aliphatic hydroxyl groups excluding tert-OH is 1. The Morgan fingerprint density at radius 2 is 0.705 bits per heavy atom. The van der Waals surface area contributed by atoms with Gasteiger partial charge < -0.3 is 14.6 Å². The van der Waals surface area contributed by atoms with Gasteiger partial charge in [0.1, 0.15) is 6.61 Å². The number of carbonyl (C=O) groups is 2. The Hall–Kier alpha value is -2.14. The Kier molecular flexibility index (Phi) is 50.4. The topological polar surface area (TPSA) is 72.8 Å². The number of rotatable bonds is 49. The van der Waals surface area contributed by atoms with Crippen molar-refractivity contribution >= 4 is 11.9 Å². The Morgan fingerprint density at radius 1 is 0.393 bits per heavy atom. The first kappa shape index (κ1) is 58.9. The average Bonchev–Trinajstić information content (AvgIpc) is 3.26. The summed E-state index contributed by atoms with van der Waals surface area (Å²) in [5.41, 5.74) is 0. The van der Waals surface area contributed by atoms with E-state index in [2.05, 4.69) is 62.5 Å². The summed E-state index contributed by atoms with van der Waals surface area (Å²) in [6, 6.07) is 0. The summed E-state index contributed by atoms with van der Waals surface area (Å²) in [7, 11) is 0. The molecule has 5 heteroatoms. The van der Waals surface area contributed by atoms with Crippen molar-refractivity contribution in [1.29, 1.82) is 0 Å². The molecule has 61 heavy (non-hydrogen) atoms. The molecule has 0 aromatic heterocycles. The van der Waals surface area contributed by atoms with Gasteiger partial charge in [0.2, 0.25) is 0 Å². The van der Waals surface area contributed by atoms with Gasteiger partial charge in [-0.25, -0.2) is 0 Å². The number of hydrogen-bond acceptors (Lipinski definition) is 5. The second kappa shape index (κ2) is 52.2. The highest BCUT2D eigenvalue weighted by Crippen LogP contribution is 2.17. The molecule has 0 aromatic carbocycles. The summed E-state index contributed by atoms with van der Waals surface area (Å²) in [5.74, 6) is -0.575. The summed E-state index contributed by atoms with van der Waals surface area (Å²) in [6.45, 7) is 4.06. The first-order valence-electron chi connectivity index (χ1n) is 26.7. The lowest BCUT2D eigenvalue weighted by molar-refractivity contribution is -0.161. The highest BCUT2D eigenvalue weighted by Gasteiger charge is 2.16. The van der Waals surface area contributed by atoms with Gasteiger partial charge in [-0.15, -0.1) is 0 Å². The van der Waals surface area contributed by atoms with E-state index in [0.29, 0.717) is 12.8 Å². The molecule has 0 saturated heterocycles. The summed E-state index contributed by atoms with van der Waals surface area (Å²) in [5, 5.41) is 9.63. The minimum Gasteiger partial charge on any atom is -0.462 e. The molecule has 1 unspecified atom stereocenters. The third-order valence-corrected chi connectivity index (χ3v) is 11.9.